The van der Waals surface area contributed by atoms with E-state index in [0.717, 1.165) is 5.33 Å². The molecule has 1 rings (SSSR count). The lowest BCUT2D eigenvalue weighted by Gasteiger charge is -2.09. The molecule has 0 radical (unpaired) electrons. The van der Waals surface area contributed by atoms with Crippen LogP contribution in [0.15, 0.2) is 30.8 Å². The molecule has 0 N–H and O–H groups in total. The fraction of sp³-hybridized carbons (Fsp3) is 0.200. The Labute approximate surface area is 89.9 Å². The summed E-state index contributed by atoms with van der Waals surface area (Å²) in [6, 6.07) is 8.24. The molecular weight excluding hydrogens is 280 g/mol. The van der Waals surface area contributed by atoms with Crippen molar-refractivity contribution in [3.8, 4) is 0 Å². The van der Waals surface area contributed by atoms with Crippen molar-refractivity contribution in [1.29, 1.82) is 0 Å². The van der Waals surface area contributed by atoms with E-state index in [1.807, 2.05) is 18.2 Å². The van der Waals surface area contributed by atoms with Gasteiger partial charge < -0.3 is 0 Å². The second-order valence-corrected chi connectivity index (χ2v) is 4.21. The third-order valence-electron chi connectivity index (χ3n) is 1.69. The predicted molar refractivity (Wildman–Crippen MR) is 62.0 cm³/mol. The second kappa shape index (κ2) is 4.83. The van der Waals surface area contributed by atoms with E-state index in [1.54, 1.807) is 0 Å². The lowest BCUT2D eigenvalue weighted by Crippen LogP contribution is -1.93. The van der Waals surface area contributed by atoms with Crippen LogP contribution in [0.4, 0.5) is 0 Å². The summed E-state index contributed by atoms with van der Waals surface area (Å²) in [5, 5.41) is 0.915. The summed E-state index contributed by atoms with van der Waals surface area (Å²) in [4.78, 5) is 0.367. The summed E-state index contributed by atoms with van der Waals surface area (Å²) in [6.07, 6.45) is 1.88. The number of benzene rings is 1. The first-order valence-electron chi connectivity index (χ1n) is 3.71. The van der Waals surface area contributed by atoms with Crippen molar-refractivity contribution in [2.45, 2.75) is 4.83 Å². The van der Waals surface area contributed by atoms with Crippen LogP contribution in [0.5, 0.6) is 0 Å². The standard InChI is InChI=1S/C10H10Br2/c1-2-8-5-3-4-6-9(8)10(12)7-11/h2-6,10H,1,7H2. The van der Waals surface area contributed by atoms with E-state index in [2.05, 4.69) is 50.6 Å². The Balaban J connectivity index is 3.04. The van der Waals surface area contributed by atoms with Gasteiger partial charge in [0.25, 0.3) is 0 Å². The number of halogens is 2. The maximum absolute atomic E-state index is 3.77. The van der Waals surface area contributed by atoms with Gasteiger partial charge in [0.2, 0.25) is 0 Å². The summed E-state index contributed by atoms with van der Waals surface area (Å²) < 4.78 is 0. The van der Waals surface area contributed by atoms with Gasteiger partial charge in [0.1, 0.15) is 0 Å². The maximum atomic E-state index is 3.77. The zero-order chi connectivity index (χ0) is 8.97. The van der Waals surface area contributed by atoms with Crippen molar-refractivity contribution in [3.05, 3.63) is 42.0 Å². The predicted octanol–water partition coefficient (Wildman–Crippen LogP) is 4.16. The van der Waals surface area contributed by atoms with Crippen LogP contribution >= 0.6 is 31.9 Å². The minimum Gasteiger partial charge on any atom is -0.0985 e. The highest BCUT2D eigenvalue weighted by Gasteiger charge is 2.07. The number of hydrogen-bond donors (Lipinski definition) is 0. The van der Waals surface area contributed by atoms with Gasteiger partial charge in [-0.1, -0.05) is 68.8 Å². The van der Waals surface area contributed by atoms with Crippen molar-refractivity contribution in [3.63, 3.8) is 0 Å². The molecule has 2 heteroatoms. The molecule has 12 heavy (non-hydrogen) atoms. The largest absolute Gasteiger partial charge is 0.0985 e. The van der Waals surface area contributed by atoms with Crippen LogP contribution in [0.2, 0.25) is 0 Å². The molecule has 0 aromatic heterocycles. The molecule has 0 nitrogen and oxygen atoms in total. The lowest BCUT2D eigenvalue weighted by atomic mass is 10.1. The van der Waals surface area contributed by atoms with Gasteiger partial charge in [-0.3, -0.25) is 0 Å². The van der Waals surface area contributed by atoms with Crippen LogP contribution in [-0.2, 0) is 0 Å². The van der Waals surface area contributed by atoms with E-state index in [-0.39, 0.29) is 0 Å². The van der Waals surface area contributed by atoms with Crippen LogP contribution in [-0.4, -0.2) is 5.33 Å². The molecule has 0 saturated carbocycles. The monoisotopic (exact) mass is 288 g/mol. The average Bonchev–Trinajstić information content (AvgIpc) is 2.16. The van der Waals surface area contributed by atoms with E-state index in [1.165, 1.54) is 11.1 Å². The molecule has 0 aliphatic heterocycles. The van der Waals surface area contributed by atoms with Gasteiger partial charge in [0.05, 0.1) is 0 Å². The van der Waals surface area contributed by atoms with Gasteiger partial charge in [-0.2, -0.15) is 0 Å². The van der Waals surface area contributed by atoms with Gasteiger partial charge in [0.15, 0.2) is 0 Å². The topological polar surface area (TPSA) is 0 Å². The molecule has 1 atom stereocenters. The molecule has 0 heterocycles. The Hall–Kier alpha value is -0.0800. The molecule has 1 aromatic rings. The van der Waals surface area contributed by atoms with E-state index in [0.29, 0.717) is 4.83 Å². The van der Waals surface area contributed by atoms with Crippen LogP contribution < -0.4 is 0 Å². The zero-order valence-electron chi connectivity index (χ0n) is 6.63. The van der Waals surface area contributed by atoms with E-state index >= 15 is 0 Å². The quantitative estimate of drug-likeness (QED) is 0.733. The van der Waals surface area contributed by atoms with E-state index in [4.69, 9.17) is 0 Å². The number of hydrogen-bond acceptors (Lipinski definition) is 0. The van der Waals surface area contributed by atoms with Crippen LogP contribution in [0.1, 0.15) is 16.0 Å². The second-order valence-electron chi connectivity index (χ2n) is 2.45. The van der Waals surface area contributed by atoms with Crippen molar-refractivity contribution in [2.24, 2.45) is 0 Å². The molecule has 0 aliphatic rings. The van der Waals surface area contributed by atoms with Crippen LogP contribution in [0, 0.1) is 0 Å². The molecule has 0 aliphatic carbocycles. The van der Waals surface area contributed by atoms with Crippen molar-refractivity contribution < 1.29 is 0 Å². The van der Waals surface area contributed by atoms with E-state index < -0.39 is 0 Å². The summed E-state index contributed by atoms with van der Waals surface area (Å²) in [6.45, 7) is 3.77. The lowest BCUT2D eigenvalue weighted by molar-refractivity contribution is 1.15. The smallest absolute Gasteiger partial charge is 0.0497 e. The molecular formula is C10H10Br2. The summed E-state index contributed by atoms with van der Waals surface area (Å²) in [7, 11) is 0. The third kappa shape index (κ3) is 2.20. The third-order valence-corrected chi connectivity index (χ3v) is 4.02. The molecule has 0 bridgehead atoms. The van der Waals surface area contributed by atoms with Gasteiger partial charge in [-0.25, -0.2) is 0 Å². The van der Waals surface area contributed by atoms with Gasteiger partial charge in [-0.05, 0) is 11.1 Å². The molecule has 0 fully saturated rings. The minimum absolute atomic E-state index is 0.367. The number of rotatable bonds is 3. The Morgan fingerprint density at radius 2 is 2.08 bits per heavy atom. The van der Waals surface area contributed by atoms with Crippen LogP contribution in [0.25, 0.3) is 6.08 Å². The highest BCUT2D eigenvalue weighted by Crippen LogP contribution is 2.27. The normalized spacial score (nSPS) is 12.5. The fourth-order valence-corrected chi connectivity index (χ4v) is 1.83. The summed E-state index contributed by atoms with van der Waals surface area (Å²) >= 11 is 7.02. The molecule has 0 amide bonds. The Bertz CT molecular complexity index is 268. The Morgan fingerprint density at radius 3 is 2.67 bits per heavy atom. The summed E-state index contributed by atoms with van der Waals surface area (Å²) in [5.41, 5.74) is 2.48. The molecule has 0 spiro atoms. The zero-order valence-corrected chi connectivity index (χ0v) is 9.81. The Kier molecular flexibility index (Phi) is 4.02. The van der Waals surface area contributed by atoms with Crippen LogP contribution in [0.3, 0.4) is 0 Å². The fourth-order valence-electron chi connectivity index (χ4n) is 1.07. The highest BCUT2D eigenvalue weighted by molar-refractivity contribution is 9.12. The maximum Gasteiger partial charge on any atom is 0.0497 e. The van der Waals surface area contributed by atoms with Crippen molar-refractivity contribution >= 4 is 37.9 Å². The van der Waals surface area contributed by atoms with Gasteiger partial charge in [0, 0.05) is 10.2 Å². The van der Waals surface area contributed by atoms with E-state index in [9.17, 15) is 0 Å². The minimum atomic E-state index is 0.367. The summed E-state index contributed by atoms with van der Waals surface area (Å²) in [5.74, 6) is 0. The molecule has 1 unspecified atom stereocenters. The molecule has 64 valence electrons. The first-order valence-corrected chi connectivity index (χ1v) is 5.74. The van der Waals surface area contributed by atoms with Gasteiger partial charge >= 0.3 is 0 Å². The SMILES string of the molecule is C=Cc1ccccc1C(Br)CBr. The van der Waals surface area contributed by atoms with Gasteiger partial charge in [-0.15, -0.1) is 0 Å². The average molecular weight is 290 g/mol. The number of alkyl halides is 2. The molecule has 0 saturated heterocycles. The Morgan fingerprint density at radius 1 is 1.42 bits per heavy atom. The first kappa shape index (κ1) is 10.0. The van der Waals surface area contributed by atoms with Crippen molar-refractivity contribution in [1.82, 2.24) is 0 Å². The molecule has 1 aromatic carbocycles. The highest BCUT2D eigenvalue weighted by atomic mass is 79.9. The van der Waals surface area contributed by atoms with Crippen molar-refractivity contribution in [2.75, 3.05) is 5.33 Å². The first-order chi connectivity index (χ1) is 5.79.